The van der Waals surface area contributed by atoms with Gasteiger partial charge in [0.15, 0.2) is 5.11 Å². The van der Waals surface area contributed by atoms with Gasteiger partial charge in [0.25, 0.3) is 0 Å². The molecule has 1 fully saturated rings. The first-order valence-electron chi connectivity index (χ1n) is 13.2. The number of methoxy groups -OCH3 is 1. The SMILES string of the molecule is COc1ccccc1NC(=O)CCN1C(=S)N[C@@H](c2ccccn2)[C@@H]1c1cc(C)n(-c2cccc(C(=O)O)c2)c1C. The van der Waals surface area contributed by atoms with Gasteiger partial charge in [0.05, 0.1) is 36.1 Å². The number of hydrogen-bond donors (Lipinski definition) is 3. The lowest BCUT2D eigenvalue weighted by Crippen LogP contribution is -2.33. The van der Waals surface area contributed by atoms with Gasteiger partial charge < -0.3 is 29.9 Å². The van der Waals surface area contributed by atoms with Gasteiger partial charge in [-0.25, -0.2) is 4.79 Å². The van der Waals surface area contributed by atoms with Gasteiger partial charge in [0.1, 0.15) is 5.75 Å². The number of carbonyl (C=O) groups is 2. The first-order valence-corrected chi connectivity index (χ1v) is 13.6. The Kier molecular flexibility index (Phi) is 8.02. The number of thiocarbonyl (C=S) groups is 1. The fourth-order valence-electron chi connectivity index (χ4n) is 5.43. The largest absolute Gasteiger partial charge is 0.495 e. The number of benzene rings is 2. The van der Waals surface area contributed by atoms with Crippen LogP contribution in [0.4, 0.5) is 5.69 Å². The maximum absolute atomic E-state index is 13.0. The number of ether oxygens (including phenoxy) is 1. The lowest BCUT2D eigenvalue weighted by molar-refractivity contribution is -0.116. The number of aryl methyl sites for hydroxylation is 1. The van der Waals surface area contributed by atoms with E-state index < -0.39 is 5.97 Å². The Morgan fingerprint density at radius 3 is 2.59 bits per heavy atom. The Bertz CT molecular complexity index is 1600. The van der Waals surface area contributed by atoms with Crippen LogP contribution in [0, 0.1) is 13.8 Å². The van der Waals surface area contributed by atoms with Gasteiger partial charge in [-0.15, -0.1) is 0 Å². The molecule has 0 unspecified atom stereocenters. The minimum Gasteiger partial charge on any atom is -0.495 e. The molecule has 41 heavy (non-hydrogen) atoms. The number of carboxylic acid groups (broad SMARTS) is 1. The molecule has 1 aliphatic rings. The van der Waals surface area contributed by atoms with Gasteiger partial charge in [-0.3, -0.25) is 9.78 Å². The zero-order chi connectivity index (χ0) is 29.1. The third-order valence-corrected chi connectivity index (χ3v) is 7.65. The van der Waals surface area contributed by atoms with Gasteiger partial charge in [-0.2, -0.15) is 0 Å². The van der Waals surface area contributed by atoms with Crippen LogP contribution in [0.5, 0.6) is 5.75 Å². The zero-order valence-corrected chi connectivity index (χ0v) is 23.8. The molecule has 1 saturated heterocycles. The molecule has 210 valence electrons. The molecule has 0 spiro atoms. The number of amides is 1. The number of aromatic carboxylic acids is 1. The summed E-state index contributed by atoms with van der Waals surface area (Å²) >= 11 is 5.80. The van der Waals surface area contributed by atoms with Gasteiger partial charge in [-0.1, -0.05) is 24.3 Å². The van der Waals surface area contributed by atoms with Gasteiger partial charge in [-0.05, 0) is 80.2 Å². The summed E-state index contributed by atoms with van der Waals surface area (Å²) in [7, 11) is 1.57. The fraction of sp³-hybridized carbons (Fsp3) is 0.226. The Hall–Kier alpha value is -4.70. The Morgan fingerprint density at radius 1 is 1.07 bits per heavy atom. The summed E-state index contributed by atoms with van der Waals surface area (Å²) in [6, 6.07) is 21.5. The molecule has 0 aliphatic carbocycles. The molecule has 0 saturated carbocycles. The summed E-state index contributed by atoms with van der Waals surface area (Å²) < 4.78 is 7.41. The predicted octanol–water partition coefficient (Wildman–Crippen LogP) is 5.20. The molecular weight excluding hydrogens is 538 g/mol. The van der Waals surface area contributed by atoms with Crippen molar-refractivity contribution in [3.63, 3.8) is 0 Å². The number of aromatic nitrogens is 2. The van der Waals surface area contributed by atoms with Crippen molar-refractivity contribution < 1.29 is 19.4 Å². The summed E-state index contributed by atoms with van der Waals surface area (Å²) in [4.78, 5) is 31.3. The number of nitrogens with one attached hydrogen (secondary N) is 2. The van der Waals surface area contributed by atoms with E-state index >= 15 is 0 Å². The van der Waals surface area contributed by atoms with Crippen LogP contribution in [0.25, 0.3) is 5.69 Å². The summed E-state index contributed by atoms with van der Waals surface area (Å²) in [5.41, 5.74) is 5.33. The quantitative estimate of drug-likeness (QED) is 0.236. The number of pyridine rings is 1. The minimum atomic E-state index is -0.979. The first-order chi connectivity index (χ1) is 19.8. The Balaban J connectivity index is 1.48. The lowest BCUT2D eigenvalue weighted by atomic mass is 9.96. The standard InChI is InChI=1S/C31H31N5O4S/c1-19-17-23(20(2)36(19)22-10-8-9-21(18-22)30(38)39)29-28(25-12-6-7-15-32-25)34-31(41)35(29)16-14-27(37)33-24-11-4-5-13-26(24)40-3/h4-13,15,17-18,28-29H,14,16H2,1-3H3,(H,33,37)(H,34,41)(H,38,39)/t28-,29-/m0/s1. The average molecular weight is 570 g/mol. The highest BCUT2D eigenvalue weighted by Gasteiger charge is 2.41. The Morgan fingerprint density at radius 2 is 1.85 bits per heavy atom. The molecule has 1 amide bonds. The van der Waals surface area contributed by atoms with E-state index in [1.807, 2.05) is 59.7 Å². The van der Waals surface area contributed by atoms with Gasteiger partial charge >= 0.3 is 5.97 Å². The second-order valence-corrected chi connectivity index (χ2v) is 10.2. The summed E-state index contributed by atoms with van der Waals surface area (Å²) in [6.07, 6.45) is 1.95. The molecule has 0 radical (unpaired) electrons. The third kappa shape index (κ3) is 5.64. The molecule has 5 rings (SSSR count). The smallest absolute Gasteiger partial charge is 0.335 e. The van der Waals surface area contributed by atoms with E-state index in [2.05, 4.69) is 21.7 Å². The van der Waals surface area contributed by atoms with Crippen LogP contribution < -0.4 is 15.4 Å². The van der Waals surface area contributed by atoms with Gasteiger partial charge in [0.2, 0.25) is 5.91 Å². The molecule has 2 atom stereocenters. The third-order valence-electron chi connectivity index (χ3n) is 7.30. The second-order valence-electron chi connectivity index (χ2n) is 9.84. The average Bonchev–Trinajstić information content (AvgIpc) is 3.46. The van der Waals surface area contributed by atoms with Crippen molar-refractivity contribution in [2.75, 3.05) is 19.0 Å². The molecule has 0 bridgehead atoms. The van der Waals surface area contributed by atoms with Crippen LogP contribution in [0.3, 0.4) is 0 Å². The molecule has 2 aromatic carbocycles. The van der Waals surface area contributed by atoms with Gasteiger partial charge in [0, 0.05) is 36.2 Å². The molecule has 10 heteroatoms. The molecule has 1 aliphatic heterocycles. The fourth-order valence-corrected chi connectivity index (χ4v) is 5.76. The number of nitrogens with zero attached hydrogens (tertiary/aromatic N) is 3. The number of hydrogen-bond acceptors (Lipinski definition) is 5. The number of carbonyl (C=O) groups excluding carboxylic acids is 1. The molecule has 4 aromatic rings. The van der Waals surface area contributed by atoms with Crippen molar-refractivity contribution in [3.8, 4) is 11.4 Å². The van der Waals surface area contributed by atoms with Crippen molar-refractivity contribution in [2.24, 2.45) is 0 Å². The number of carboxylic acids is 1. The van der Waals surface area contributed by atoms with Crippen molar-refractivity contribution >= 4 is 34.9 Å². The minimum absolute atomic E-state index is 0.159. The summed E-state index contributed by atoms with van der Waals surface area (Å²) in [6.45, 7) is 4.38. The van der Waals surface area contributed by atoms with Crippen LogP contribution in [0.2, 0.25) is 0 Å². The van der Waals surface area contributed by atoms with E-state index in [9.17, 15) is 14.7 Å². The molecule has 9 nitrogen and oxygen atoms in total. The molecular formula is C31H31N5O4S. The normalized spacial score (nSPS) is 16.4. The van der Waals surface area contributed by atoms with Crippen LogP contribution in [0.15, 0.2) is 79.0 Å². The van der Waals surface area contributed by atoms with E-state index in [4.69, 9.17) is 17.0 Å². The summed E-state index contributed by atoms with van der Waals surface area (Å²) in [5, 5.41) is 16.4. The van der Waals surface area contributed by atoms with Crippen LogP contribution in [-0.2, 0) is 4.79 Å². The van der Waals surface area contributed by atoms with Crippen molar-refractivity contribution in [3.05, 3.63) is 107 Å². The number of para-hydroxylation sites is 2. The van der Waals surface area contributed by atoms with E-state index in [-0.39, 0.29) is 30.0 Å². The van der Waals surface area contributed by atoms with Crippen molar-refractivity contribution in [1.29, 1.82) is 0 Å². The lowest BCUT2D eigenvalue weighted by Gasteiger charge is -2.28. The maximum Gasteiger partial charge on any atom is 0.335 e. The first kappa shape index (κ1) is 27.9. The highest BCUT2D eigenvalue weighted by molar-refractivity contribution is 7.80. The predicted molar refractivity (Wildman–Crippen MR) is 161 cm³/mol. The summed E-state index contributed by atoms with van der Waals surface area (Å²) in [5.74, 6) is -0.548. The maximum atomic E-state index is 13.0. The topological polar surface area (TPSA) is 109 Å². The van der Waals surface area contributed by atoms with E-state index in [1.165, 1.54) is 0 Å². The second kappa shape index (κ2) is 11.8. The molecule has 3 heterocycles. The highest BCUT2D eigenvalue weighted by atomic mass is 32.1. The molecule has 3 N–H and O–H groups in total. The zero-order valence-electron chi connectivity index (χ0n) is 23.0. The van der Waals surface area contributed by atoms with E-state index in [1.54, 1.807) is 43.6 Å². The van der Waals surface area contributed by atoms with E-state index in [0.717, 1.165) is 28.3 Å². The molecule has 2 aromatic heterocycles. The Labute approximate surface area is 243 Å². The van der Waals surface area contributed by atoms with E-state index in [0.29, 0.717) is 23.1 Å². The highest BCUT2D eigenvalue weighted by Crippen LogP contribution is 2.41. The number of anilines is 1. The number of rotatable bonds is 9. The van der Waals surface area contributed by atoms with Crippen LogP contribution in [-0.4, -0.2) is 50.2 Å². The monoisotopic (exact) mass is 569 g/mol. The van der Waals surface area contributed by atoms with Crippen molar-refractivity contribution in [2.45, 2.75) is 32.4 Å². The van der Waals surface area contributed by atoms with Crippen molar-refractivity contribution in [1.82, 2.24) is 19.8 Å². The van der Waals surface area contributed by atoms with Crippen LogP contribution >= 0.6 is 12.2 Å². The van der Waals surface area contributed by atoms with Crippen LogP contribution in [0.1, 0.15) is 51.5 Å².